The van der Waals surface area contributed by atoms with Gasteiger partial charge < -0.3 is 0 Å². The van der Waals surface area contributed by atoms with Crippen LogP contribution in [-0.2, 0) is 4.79 Å². The van der Waals surface area contributed by atoms with Gasteiger partial charge in [-0.2, -0.15) is 0 Å². The molecule has 1 saturated heterocycles. The van der Waals surface area contributed by atoms with Crippen LogP contribution >= 0.6 is 0 Å². The largest absolute Gasteiger partial charge is 0.298 e. The third-order valence-electron chi connectivity index (χ3n) is 4.16. The van der Waals surface area contributed by atoms with Crippen LogP contribution in [0.25, 0.3) is 0 Å². The van der Waals surface area contributed by atoms with Crippen LogP contribution < -0.4 is 0 Å². The topological polar surface area (TPSA) is 23.6 Å². The van der Waals surface area contributed by atoms with Gasteiger partial charge in [0.05, 0.1) is 6.54 Å². The van der Waals surface area contributed by atoms with Crippen LogP contribution in [0.15, 0.2) is 0 Å². The number of hydrogen-bond donors (Lipinski definition) is 0. The summed E-state index contributed by atoms with van der Waals surface area (Å²) in [7, 11) is 0. The number of rotatable bonds is 6. The van der Waals surface area contributed by atoms with Crippen LogP contribution in [-0.4, -0.2) is 54.3 Å². The molecule has 1 aliphatic rings. The number of hydrogen-bond acceptors (Lipinski definition) is 3. The second kappa shape index (κ2) is 7.12. The minimum Gasteiger partial charge on any atom is -0.298 e. The Bertz CT molecular complexity index is 234. The van der Waals surface area contributed by atoms with E-state index in [1.165, 1.54) is 6.42 Å². The highest BCUT2D eigenvalue weighted by Gasteiger charge is 2.22. The van der Waals surface area contributed by atoms with Crippen molar-refractivity contribution in [3.8, 4) is 0 Å². The van der Waals surface area contributed by atoms with Crippen LogP contribution in [0.5, 0.6) is 0 Å². The highest BCUT2D eigenvalue weighted by molar-refractivity contribution is 5.82. The van der Waals surface area contributed by atoms with Gasteiger partial charge >= 0.3 is 0 Å². The maximum atomic E-state index is 11.9. The second-order valence-electron chi connectivity index (χ2n) is 5.34. The van der Waals surface area contributed by atoms with Crippen LogP contribution in [0.1, 0.15) is 40.5 Å². The van der Waals surface area contributed by atoms with E-state index in [2.05, 4.69) is 30.6 Å². The number of carbonyl (C=O) groups excluding carboxylic acids is 1. The van der Waals surface area contributed by atoms with Gasteiger partial charge in [0.15, 0.2) is 0 Å². The summed E-state index contributed by atoms with van der Waals surface area (Å²) in [5.74, 6) is 0.632. The molecule has 0 saturated carbocycles. The van der Waals surface area contributed by atoms with Gasteiger partial charge in [0.25, 0.3) is 0 Å². The number of Topliss-reactive ketones (excluding diaryl/α,β-unsaturated/α-hetero) is 1. The first kappa shape index (κ1) is 14.7. The molecule has 1 aliphatic heterocycles. The fourth-order valence-electron chi connectivity index (χ4n) is 2.22. The molecule has 17 heavy (non-hydrogen) atoms. The SMILES string of the molecule is CCC(C)C(=O)CN1CCN(C(C)CC)CC1. The zero-order valence-electron chi connectivity index (χ0n) is 11.9. The number of nitrogens with zero attached hydrogens (tertiary/aromatic N) is 2. The Balaban J connectivity index is 2.30. The van der Waals surface area contributed by atoms with E-state index in [9.17, 15) is 4.79 Å². The van der Waals surface area contributed by atoms with Crippen LogP contribution in [0.3, 0.4) is 0 Å². The molecule has 0 aromatic heterocycles. The minimum atomic E-state index is 0.225. The van der Waals surface area contributed by atoms with Crippen LogP contribution in [0.2, 0.25) is 0 Å². The lowest BCUT2D eigenvalue weighted by Gasteiger charge is -2.37. The average Bonchev–Trinajstić information content (AvgIpc) is 2.37. The van der Waals surface area contributed by atoms with E-state index in [0.29, 0.717) is 18.4 Å². The molecule has 2 unspecified atom stereocenters. The van der Waals surface area contributed by atoms with Gasteiger partial charge in [-0.05, 0) is 19.8 Å². The fraction of sp³-hybridized carbons (Fsp3) is 0.929. The van der Waals surface area contributed by atoms with Gasteiger partial charge in [-0.15, -0.1) is 0 Å². The molecule has 1 fully saturated rings. The molecule has 0 N–H and O–H groups in total. The maximum absolute atomic E-state index is 11.9. The molecule has 0 aromatic rings. The summed E-state index contributed by atoms with van der Waals surface area (Å²) in [6.45, 7) is 13.6. The van der Waals surface area contributed by atoms with E-state index in [4.69, 9.17) is 0 Å². The Morgan fingerprint density at radius 3 is 2.12 bits per heavy atom. The van der Waals surface area contributed by atoms with Gasteiger partial charge in [0.1, 0.15) is 5.78 Å². The summed E-state index contributed by atoms with van der Waals surface area (Å²) in [5, 5.41) is 0. The summed E-state index contributed by atoms with van der Waals surface area (Å²) < 4.78 is 0. The number of piperazine rings is 1. The molecule has 3 nitrogen and oxygen atoms in total. The molecule has 0 aliphatic carbocycles. The van der Waals surface area contributed by atoms with E-state index in [0.717, 1.165) is 32.6 Å². The van der Waals surface area contributed by atoms with Gasteiger partial charge in [-0.1, -0.05) is 20.8 Å². The molecule has 100 valence electrons. The Morgan fingerprint density at radius 2 is 1.65 bits per heavy atom. The quantitative estimate of drug-likeness (QED) is 0.709. The van der Waals surface area contributed by atoms with Crippen molar-refractivity contribution in [1.29, 1.82) is 0 Å². The standard InChI is InChI=1S/C14H28N2O/c1-5-12(3)14(17)11-15-7-9-16(10-8-15)13(4)6-2/h12-13H,5-11H2,1-4H3. The van der Waals surface area contributed by atoms with Gasteiger partial charge in [0, 0.05) is 38.1 Å². The van der Waals surface area contributed by atoms with Crippen molar-refractivity contribution >= 4 is 5.78 Å². The Hall–Kier alpha value is -0.410. The summed E-state index contributed by atoms with van der Waals surface area (Å²) in [6, 6.07) is 0.683. The van der Waals surface area contributed by atoms with Crippen molar-refractivity contribution in [2.45, 2.75) is 46.6 Å². The van der Waals surface area contributed by atoms with Crippen molar-refractivity contribution in [3.05, 3.63) is 0 Å². The number of carbonyl (C=O) groups is 1. The maximum Gasteiger partial charge on any atom is 0.149 e. The van der Waals surface area contributed by atoms with E-state index < -0.39 is 0 Å². The zero-order chi connectivity index (χ0) is 12.8. The third kappa shape index (κ3) is 4.40. The van der Waals surface area contributed by atoms with Crippen molar-refractivity contribution in [3.63, 3.8) is 0 Å². The molecular formula is C14H28N2O. The Labute approximate surface area is 106 Å². The van der Waals surface area contributed by atoms with Crippen molar-refractivity contribution in [2.75, 3.05) is 32.7 Å². The van der Waals surface area contributed by atoms with Crippen molar-refractivity contribution < 1.29 is 4.79 Å². The van der Waals surface area contributed by atoms with E-state index in [1.807, 2.05) is 6.92 Å². The van der Waals surface area contributed by atoms with E-state index in [-0.39, 0.29) is 5.92 Å². The summed E-state index contributed by atoms with van der Waals surface area (Å²) >= 11 is 0. The van der Waals surface area contributed by atoms with Crippen molar-refractivity contribution in [1.82, 2.24) is 9.80 Å². The smallest absolute Gasteiger partial charge is 0.149 e. The van der Waals surface area contributed by atoms with Gasteiger partial charge in [0.2, 0.25) is 0 Å². The highest BCUT2D eigenvalue weighted by atomic mass is 16.1. The molecular weight excluding hydrogens is 212 g/mol. The summed E-state index contributed by atoms with van der Waals surface area (Å²) in [4.78, 5) is 16.7. The second-order valence-corrected chi connectivity index (χ2v) is 5.34. The molecule has 0 bridgehead atoms. The van der Waals surface area contributed by atoms with E-state index in [1.54, 1.807) is 0 Å². The zero-order valence-corrected chi connectivity index (χ0v) is 11.9. The molecule has 0 radical (unpaired) electrons. The number of ketones is 1. The van der Waals surface area contributed by atoms with Crippen molar-refractivity contribution in [2.24, 2.45) is 5.92 Å². The molecule has 0 spiro atoms. The molecule has 2 atom stereocenters. The lowest BCUT2D eigenvalue weighted by molar-refractivity contribution is -0.124. The molecule has 0 amide bonds. The average molecular weight is 240 g/mol. The van der Waals surface area contributed by atoms with Gasteiger partial charge in [-0.3, -0.25) is 14.6 Å². The van der Waals surface area contributed by atoms with Gasteiger partial charge in [-0.25, -0.2) is 0 Å². The molecule has 0 aromatic carbocycles. The molecule has 3 heteroatoms. The first-order valence-corrected chi connectivity index (χ1v) is 7.07. The summed E-state index contributed by atoms with van der Waals surface area (Å²) in [6.07, 6.45) is 2.18. The fourth-order valence-corrected chi connectivity index (χ4v) is 2.22. The van der Waals surface area contributed by atoms with E-state index >= 15 is 0 Å². The molecule has 1 heterocycles. The third-order valence-corrected chi connectivity index (χ3v) is 4.16. The molecule has 1 rings (SSSR count). The predicted molar refractivity (Wildman–Crippen MR) is 72.2 cm³/mol. The monoisotopic (exact) mass is 240 g/mol. The predicted octanol–water partition coefficient (Wildman–Crippen LogP) is 2.02. The first-order valence-electron chi connectivity index (χ1n) is 7.07. The minimum absolute atomic E-state index is 0.225. The van der Waals surface area contributed by atoms with Crippen LogP contribution in [0.4, 0.5) is 0 Å². The highest BCUT2D eigenvalue weighted by Crippen LogP contribution is 2.10. The first-order chi connectivity index (χ1) is 8.08. The Kier molecular flexibility index (Phi) is 6.14. The Morgan fingerprint density at radius 1 is 1.06 bits per heavy atom. The van der Waals surface area contributed by atoms with Crippen LogP contribution in [0, 0.1) is 5.92 Å². The normalized spacial score (nSPS) is 22.4. The lowest BCUT2D eigenvalue weighted by atomic mass is 10.0. The summed E-state index contributed by atoms with van der Waals surface area (Å²) in [5.41, 5.74) is 0. The lowest BCUT2D eigenvalue weighted by Crippen LogP contribution is -2.50.